The van der Waals surface area contributed by atoms with Crippen molar-refractivity contribution < 1.29 is 18.8 Å². The Morgan fingerprint density at radius 1 is 1.30 bits per heavy atom. The van der Waals surface area contributed by atoms with E-state index in [1.165, 1.54) is 0 Å². The molecule has 0 spiro atoms. The molecule has 20 heavy (non-hydrogen) atoms. The fourth-order valence-corrected chi connectivity index (χ4v) is 2.10. The quantitative estimate of drug-likeness (QED) is 0.752. The summed E-state index contributed by atoms with van der Waals surface area (Å²) in [6, 6.07) is 5.30. The zero-order valence-corrected chi connectivity index (χ0v) is 13.2. The second kappa shape index (κ2) is 8.24. The zero-order valence-electron chi connectivity index (χ0n) is 12.4. The Hall–Kier alpha value is -1.11. The number of aliphatic hydroxyl groups excluding tert-OH is 1. The number of rotatable bonds is 8. The predicted molar refractivity (Wildman–Crippen MR) is 80.9 cm³/mol. The van der Waals surface area contributed by atoms with Gasteiger partial charge in [0.2, 0.25) is 0 Å². The van der Waals surface area contributed by atoms with Crippen LogP contribution < -0.4 is 14.8 Å². The first-order valence-electron chi connectivity index (χ1n) is 6.42. The number of benzene rings is 1. The highest BCUT2D eigenvalue weighted by Gasteiger charge is 2.15. The van der Waals surface area contributed by atoms with Gasteiger partial charge in [-0.2, -0.15) is 0 Å². The van der Waals surface area contributed by atoms with Gasteiger partial charge in [0.15, 0.2) is 0 Å². The van der Waals surface area contributed by atoms with Crippen LogP contribution in [0.4, 0.5) is 0 Å². The number of hydrogen-bond donors (Lipinski definition) is 2. The molecule has 0 aromatic heterocycles. The van der Waals surface area contributed by atoms with Crippen molar-refractivity contribution in [1.82, 2.24) is 5.32 Å². The first-order chi connectivity index (χ1) is 9.49. The van der Waals surface area contributed by atoms with Crippen LogP contribution in [0.1, 0.15) is 18.6 Å². The minimum atomic E-state index is -0.869. The first kappa shape index (κ1) is 16.9. The fourth-order valence-electron chi connectivity index (χ4n) is 1.75. The van der Waals surface area contributed by atoms with Gasteiger partial charge in [-0.05, 0) is 25.1 Å². The molecule has 2 N–H and O–H groups in total. The van der Waals surface area contributed by atoms with Crippen LogP contribution >= 0.6 is 0 Å². The van der Waals surface area contributed by atoms with Gasteiger partial charge in [-0.15, -0.1) is 0 Å². The molecule has 0 amide bonds. The molecule has 6 heteroatoms. The van der Waals surface area contributed by atoms with Crippen LogP contribution in [0.25, 0.3) is 0 Å². The van der Waals surface area contributed by atoms with E-state index >= 15 is 0 Å². The lowest BCUT2D eigenvalue weighted by atomic mass is 10.1. The van der Waals surface area contributed by atoms with Crippen molar-refractivity contribution >= 4 is 10.8 Å². The van der Waals surface area contributed by atoms with Gasteiger partial charge in [0, 0.05) is 41.0 Å². The van der Waals surface area contributed by atoms with Crippen molar-refractivity contribution in [3.05, 3.63) is 23.8 Å². The smallest absolute Gasteiger partial charge is 0.124 e. The molecule has 114 valence electrons. The van der Waals surface area contributed by atoms with Gasteiger partial charge in [-0.3, -0.25) is 4.21 Å². The largest absolute Gasteiger partial charge is 0.497 e. The number of nitrogens with one attached hydrogen (secondary N) is 1. The maximum absolute atomic E-state index is 11.2. The van der Waals surface area contributed by atoms with Crippen LogP contribution in [0.15, 0.2) is 18.2 Å². The third-order valence-corrected chi connectivity index (χ3v) is 4.43. The van der Waals surface area contributed by atoms with Crippen LogP contribution in [-0.2, 0) is 10.8 Å². The molecule has 5 nitrogen and oxygen atoms in total. The Morgan fingerprint density at radius 3 is 2.55 bits per heavy atom. The minimum absolute atomic E-state index is 0.0504. The molecule has 0 saturated carbocycles. The fraction of sp³-hybridized carbons (Fsp3) is 0.571. The van der Waals surface area contributed by atoms with Crippen molar-refractivity contribution in [3.63, 3.8) is 0 Å². The summed E-state index contributed by atoms with van der Waals surface area (Å²) < 4.78 is 21.6. The van der Waals surface area contributed by atoms with Crippen molar-refractivity contribution in [2.24, 2.45) is 0 Å². The number of aliphatic hydroxyl groups is 1. The molecular weight excluding hydrogens is 278 g/mol. The van der Waals surface area contributed by atoms with Crippen LogP contribution in [0.2, 0.25) is 0 Å². The topological polar surface area (TPSA) is 67.8 Å². The van der Waals surface area contributed by atoms with Crippen LogP contribution in [0.3, 0.4) is 0 Å². The van der Waals surface area contributed by atoms with Crippen LogP contribution in [0.5, 0.6) is 11.5 Å². The van der Waals surface area contributed by atoms with E-state index in [0.29, 0.717) is 30.2 Å². The summed E-state index contributed by atoms with van der Waals surface area (Å²) in [5, 5.41) is 13.4. The van der Waals surface area contributed by atoms with Gasteiger partial charge >= 0.3 is 0 Å². The van der Waals surface area contributed by atoms with E-state index in [1.54, 1.807) is 38.7 Å². The summed E-state index contributed by atoms with van der Waals surface area (Å²) in [6.07, 6.45) is 0.964. The molecule has 0 saturated heterocycles. The van der Waals surface area contributed by atoms with Crippen molar-refractivity contribution in [3.8, 4) is 11.5 Å². The molecule has 0 fully saturated rings. The van der Waals surface area contributed by atoms with Crippen molar-refractivity contribution in [2.75, 3.05) is 33.6 Å². The van der Waals surface area contributed by atoms with Crippen molar-refractivity contribution in [1.29, 1.82) is 0 Å². The van der Waals surface area contributed by atoms with E-state index in [1.807, 2.05) is 6.92 Å². The molecule has 1 aromatic carbocycles. The van der Waals surface area contributed by atoms with E-state index in [0.717, 1.165) is 0 Å². The van der Waals surface area contributed by atoms with Gasteiger partial charge in [0.05, 0.1) is 20.3 Å². The molecule has 3 atom stereocenters. The monoisotopic (exact) mass is 301 g/mol. The minimum Gasteiger partial charge on any atom is -0.497 e. The van der Waals surface area contributed by atoms with E-state index in [9.17, 15) is 9.32 Å². The average Bonchev–Trinajstić information content (AvgIpc) is 2.45. The highest BCUT2D eigenvalue weighted by molar-refractivity contribution is 7.84. The molecule has 1 aromatic rings. The Labute approximate surface area is 122 Å². The molecule has 1 rings (SSSR count). The third-order valence-electron chi connectivity index (χ3n) is 3.13. The Balaban J connectivity index is 2.66. The predicted octanol–water partition coefficient (Wildman–Crippen LogP) is 1.09. The normalized spacial score (nSPS) is 15.4. The summed E-state index contributed by atoms with van der Waals surface area (Å²) in [5.74, 6) is 1.29. The molecule has 0 aliphatic heterocycles. The van der Waals surface area contributed by atoms with E-state index < -0.39 is 16.9 Å². The lowest BCUT2D eigenvalue weighted by Crippen LogP contribution is -2.31. The van der Waals surface area contributed by atoms with E-state index in [4.69, 9.17) is 9.47 Å². The Bertz CT molecular complexity index is 453. The summed E-state index contributed by atoms with van der Waals surface area (Å²) >= 11 is 0. The van der Waals surface area contributed by atoms with Gasteiger partial charge in [0.1, 0.15) is 11.5 Å². The maximum Gasteiger partial charge on any atom is 0.124 e. The lowest BCUT2D eigenvalue weighted by Gasteiger charge is -2.17. The SMILES string of the molecule is COc1ccc(OC)c(C(O)CNCC(C)S(C)=O)c1. The van der Waals surface area contributed by atoms with Gasteiger partial charge in [-0.1, -0.05) is 0 Å². The maximum atomic E-state index is 11.2. The molecule has 0 radical (unpaired) electrons. The second-order valence-corrected chi connectivity index (χ2v) is 6.39. The molecule has 0 aliphatic carbocycles. The highest BCUT2D eigenvalue weighted by atomic mass is 32.2. The number of ether oxygens (including phenoxy) is 2. The van der Waals surface area contributed by atoms with Crippen LogP contribution in [0, 0.1) is 0 Å². The molecular formula is C14H23NO4S. The summed E-state index contributed by atoms with van der Waals surface area (Å²) in [5.41, 5.74) is 0.671. The highest BCUT2D eigenvalue weighted by Crippen LogP contribution is 2.28. The summed E-state index contributed by atoms with van der Waals surface area (Å²) in [4.78, 5) is 0. The summed E-state index contributed by atoms with van der Waals surface area (Å²) in [7, 11) is 2.27. The lowest BCUT2D eigenvalue weighted by molar-refractivity contribution is 0.170. The average molecular weight is 301 g/mol. The van der Waals surface area contributed by atoms with Gasteiger partial charge in [0.25, 0.3) is 0 Å². The standard InChI is InChI=1S/C14H23NO4S/c1-10(20(4)17)8-15-9-13(16)12-7-11(18-2)5-6-14(12)19-3/h5-7,10,13,15-16H,8-9H2,1-4H3. The molecule has 0 aliphatic rings. The third kappa shape index (κ3) is 4.77. The molecule has 0 heterocycles. The first-order valence-corrected chi connectivity index (χ1v) is 8.04. The molecule has 3 unspecified atom stereocenters. The number of hydrogen-bond acceptors (Lipinski definition) is 5. The van der Waals surface area contributed by atoms with E-state index in [-0.39, 0.29) is 5.25 Å². The zero-order chi connectivity index (χ0) is 15.1. The van der Waals surface area contributed by atoms with Gasteiger partial charge in [-0.25, -0.2) is 0 Å². The second-order valence-electron chi connectivity index (χ2n) is 4.59. The molecule has 0 bridgehead atoms. The Morgan fingerprint density at radius 2 is 2.00 bits per heavy atom. The Kier molecular flexibility index (Phi) is 6.98. The summed E-state index contributed by atoms with van der Waals surface area (Å²) in [6.45, 7) is 2.86. The van der Waals surface area contributed by atoms with Gasteiger partial charge < -0.3 is 19.9 Å². The van der Waals surface area contributed by atoms with Crippen LogP contribution in [-0.4, -0.2) is 48.1 Å². The van der Waals surface area contributed by atoms with E-state index in [2.05, 4.69) is 5.32 Å². The van der Waals surface area contributed by atoms with Crippen molar-refractivity contribution in [2.45, 2.75) is 18.3 Å². The number of methoxy groups -OCH3 is 2.